The smallest absolute Gasteiger partial charge is 0.319 e. The van der Waals surface area contributed by atoms with Crippen molar-refractivity contribution in [3.63, 3.8) is 0 Å². The standard InChI is InChI=1S/C20H19BrN4O5/c1-11-7-15(16(25(29)30)8-12(11)2)22-17(26)10-24-18(27)20(3,23-19(24)28)13-5-4-6-14(21)9-13/h4-9H,10H2,1-3H3,(H,22,26)(H,23,28). The Kier molecular flexibility index (Phi) is 5.62. The molecular formula is C20H19BrN4O5. The number of imide groups is 1. The molecule has 0 saturated carbocycles. The topological polar surface area (TPSA) is 122 Å². The maximum atomic E-state index is 13.0. The molecule has 1 aliphatic rings. The second-order valence-corrected chi connectivity index (χ2v) is 8.13. The number of carbonyl (C=O) groups is 3. The molecule has 0 aliphatic carbocycles. The lowest BCUT2D eigenvalue weighted by Gasteiger charge is -2.22. The average Bonchev–Trinajstić information content (AvgIpc) is 2.88. The molecule has 9 nitrogen and oxygen atoms in total. The van der Waals surface area contributed by atoms with Crippen LogP contribution < -0.4 is 10.6 Å². The van der Waals surface area contributed by atoms with Crippen LogP contribution in [0.15, 0.2) is 40.9 Å². The molecular weight excluding hydrogens is 456 g/mol. The van der Waals surface area contributed by atoms with E-state index in [1.54, 1.807) is 45.0 Å². The monoisotopic (exact) mass is 474 g/mol. The van der Waals surface area contributed by atoms with Crippen molar-refractivity contribution in [2.24, 2.45) is 0 Å². The lowest BCUT2D eigenvalue weighted by molar-refractivity contribution is -0.384. The second-order valence-electron chi connectivity index (χ2n) is 7.22. The van der Waals surface area contributed by atoms with Crippen molar-refractivity contribution in [1.29, 1.82) is 0 Å². The van der Waals surface area contributed by atoms with E-state index in [0.29, 0.717) is 11.1 Å². The molecule has 1 heterocycles. The lowest BCUT2D eigenvalue weighted by atomic mass is 9.92. The molecule has 1 fully saturated rings. The Morgan fingerprint density at radius 3 is 2.53 bits per heavy atom. The van der Waals surface area contributed by atoms with Gasteiger partial charge in [0.15, 0.2) is 0 Å². The summed E-state index contributed by atoms with van der Waals surface area (Å²) >= 11 is 3.33. The van der Waals surface area contributed by atoms with Gasteiger partial charge in [-0.25, -0.2) is 4.79 Å². The van der Waals surface area contributed by atoms with Gasteiger partial charge in [-0.2, -0.15) is 0 Å². The van der Waals surface area contributed by atoms with Crippen molar-refractivity contribution in [2.45, 2.75) is 26.3 Å². The number of nitrogens with one attached hydrogen (secondary N) is 2. The van der Waals surface area contributed by atoms with Crippen molar-refractivity contribution in [3.05, 3.63) is 67.7 Å². The first kappa shape index (κ1) is 21.4. The Balaban J connectivity index is 1.81. The third-order valence-electron chi connectivity index (χ3n) is 5.06. The van der Waals surface area contributed by atoms with E-state index < -0.39 is 34.9 Å². The van der Waals surface area contributed by atoms with Crippen molar-refractivity contribution >= 4 is 45.2 Å². The Labute approximate surface area is 180 Å². The molecule has 0 bridgehead atoms. The van der Waals surface area contributed by atoms with E-state index in [2.05, 4.69) is 26.6 Å². The van der Waals surface area contributed by atoms with Gasteiger partial charge in [-0.05, 0) is 55.7 Å². The van der Waals surface area contributed by atoms with Crippen LogP contribution in [0.2, 0.25) is 0 Å². The van der Waals surface area contributed by atoms with E-state index in [-0.39, 0.29) is 11.4 Å². The number of hydrogen-bond acceptors (Lipinski definition) is 5. The predicted octanol–water partition coefficient (Wildman–Crippen LogP) is 3.38. The Bertz CT molecular complexity index is 1090. The highest BCUT2D eigenvalue weighted by Crippen LogP contribution is 2.31. The molecule has 2 aromatic carbocycles. The third-order valence-corrected chi connectivity index (χ3v) is 5.55. The summed E-state index contributed by atoms with van der Waals surface area (Å²) in [6, 6.07) is 9.07. The van der Waals surface area contributed by atoms with Gasteiger partial charge in [0, 0.05) is 10.5 Å². The summed E-state index contributed by atoms with van der Waals surface area (Å²) in [6.45, 7) is 4.47. The van der Waals surface area contributed by atoms with E-state index in [0.717, 1.165) is 14.9 Å². The molecule has 10 heteroatoms. The molecule has 1 aliphatic heterocycles. The number of hydrogen-bond donors (Lipinski definition) is 2. The zero-order chi connectivity index (χ0) is 22.2. The number of nitrogens with zero attached hydrogens (tertiary/aromatic N) is 2. The molecule has 3 rings (SSSR count). The summed E-state index contributed by atoms with van der Waals surface area (Å²) in [4.78, 5) is 49.4. The number of nitro groups is 1. The van der Waals surface area contributed by atoms with Crippen LogP contribution >= 0.6 is 15.9 Å². The van der Waals surface area contributed by atoms with Crippen molar-refractivity contribution < 1.29 is 19.3 Å². The van der Waals surface area contributed by atoms with Crippen molar-refractivity contribution in [2.75, 3.05) is 11.9 Å². The fourth-order valence-corrected chi connectivity index (χ4v) is 3.62. The maximum absolute atomic E-state index is 13.0. The van der Waals surface area contributed by atoms with Gasteiger partial charge in [-0.15, -0.1) is 0 Å². The van der Waals surface area contributed by atoms with Gasteiger partial charge in [0.2, 0.25) is 5.91 Å². The van der Waals surface area contributed by atoms with E-state index in [9.17, 15) is 24.5 Å². The molecule has 0 aromatic heterocycles. The lowest BCUT2D eigenvalue weighted by Crippen LogP contribution is -2.42. The molecule has 2 N–H and O–H groups in total. The third kappa shape index (κ3) is 3.90. The van der Waals surface area contributed by atoms with Crippen LogP contribution in [0.3, 0.4) is 0 Å². The van der Waals surface area contributed by atoms with Gasteiger partial charge >= 0.3 is 6.03 Å². The minimum Gasteiger partial charge on any atom is -0.319 e. The quantitative estimate of drug-likeness (QED) is 0.390. The minimum atomic E-state index is -1.33. The van der Waals surface area contributed by atoms with E-state index in [1.807, 2.05) is 0 Å². The Morgan fingerprint density at radius 2 is 1.90 bits per heavy atom. The first-order valence-electron chi connectivity index (χ1n) is 8.98. The maximum Gasteiger partial charge on any atom is 0.325 e. The van der Waals surface area contributed by atoms with Gasteiger partial charge in [-0.1, -0.05) is 28.1 Å². The van der Waals surface area contributed by atoms with Crippen LogP contribution in [0.5, 0.6) is 0 Å². The average molecular weight is 475 g/mol. The molecule has 1 unspecified atom stereocenters. The second kappa shape index (κ2) is 7.86. The molecule has 0 spiro atoms. The largest absolute Gasteiger partial charge is 0.325 e. The van der Waals surface area contributed by atoms with Crippen LogP contribution in [0.4, 0.5) is 16.2 Å². The van der Waals surface area contributed by atoms with Crippen molar-refractivity contribution in [1.82, 2.24) is 10.2 Å². The number of halogens is 1. The molecule has 156 valence electrons. The number of benzene rings is 2. The highest BCUT2D eigenvalue weighted by molar-refractivity contribution is 9.10. The van der Waals surface area contributed by atoms with Crippen LogP contribution in [0, 0.1) is 24.0 Å². The Hall–Kier alpha value is -3.27. The number of amides is 4. The molecule has 0 radical (unpaired) electrons. The summed E-state index contributed by atoms with van der Waals surface area (Å²) < 4.78 is 0.738. The summed E-state index contributed by atoms with van der Waals surface area (Å²) in [5.41, 5.74) is 0.445. The normalized spacial score (nSPS) is 18.3. The summed E-state index contributed by atoms with van der Waals surface area (Å²) in [7, 11) is 0. The number of aryl methyl sites for hydroxylation is 2. The van der Waals surface area contributed by atoms with Gasteiger partial charge in [0.05, 0.1) is 4.92 Å². The van der Waals surface area contributed by atoms with Crippen LogP contribution in [0.25, 0.3) is 0 Å². The number of carbonyl (C=O) groups excluding carboxylic acids is 3. The van der Waals surface area contributed by atoms with Gasteiger partial charge in [0.25, 0.3) is 11.6 Å². The van der Waals surface area contributed by atoms with Gasteiger partial charge in [-0.3, -0.25) is 24.6 Å². The SMILES string of the molecule is Cc1cc(NC(=O)CN2C(=O)NC(C)(c3cccc(Br)c3)C2=O)c([N+](=O)[O-])cc1C. The van der Waals surface area contributed by atoms with Crippen LogP contribution in [-0.4, -0.2) is 34.2 Å². The van der Waals surface area contributed by atoms with Crippen LogP contribution in [0.1, 0.15) is 23.6 Å². The first-order chi connectivity index (χ1) is 14.0. The minimum absolute atomic E-state index is 0.00917. The molecule has 1 saturated heterocycles. The highest BCUT2D eigenvalue weighted by Gasteiger charge is 2.49. The van der Waals surface area contributed by atoms with E-state index in [1.165, 1.54) is 12.1 Å². The number of nitro benzene ring substituents is 1. The van der Waals surface area contributed by atoms with Gasteiger partial charge in [0.1, 0.15) is 17.8 Å². The zero-order valence-corrected chi connectivity index (χ0v) is 18.1. The van der Waals surface area contributed by atoms with Crippen molar-refractivity contribution in [3.8, 4) is 0 Å². The first-order valence-corrected chi connectivity index (χ1v) is 9.78. The summed E-state index contributed by atoms with van der Waals surface area (Å²) in [5.74, 6) is -1.31. The van der Waals surface area contributed by atoms with Crippen LogP contribution in [-0.2, 0) is 15.1 Å². The summed E-state index contributed by atoms with van der Waals surface area (Å²) in [5, 5.41) is 16.4. The summed E-state index contributed by atoms with van der Waals surface area (Å²) in [6.07, 6.45) is 0. The van der Waals surface area contributed by atoms with E-state index in [4.69, 9.17) is 0 Å². The van der Waals surface area contributed by atoms with Gasteiger partial charge < -0.3 is 10.6 Å². The highest BCUT2D eigenvalue weighted by atomic mass is 79.9. The molecule has 1 atom stereocenters. The molecule has 4 amide bonds. The number of urea groups is 1. The molecule has 30 heavy (non-hydrogen) atoms. The number of rotatable bonds is 5. The fourth-order valence-electron chi connectivity index (χ4n) is 3.22. The number of anilines is 1. The zero-order valence-electron chi connectivity index (χ0n) is 16.5. The predicted molar refractivity (Wildman–Crippen MR) is 113 cm³/mol. The van der Waals surface area contributed by atoms with E-state index >= 15 is 0 Å². The fraction of sp³-hybridized carbons (Fsp3) is 0.250. The molecule has 2 aromatic rings. The Morgan fingerprint density at radius 1 is 1.23 bits per heavy atom.